The van der Waals surface area contributed by atoms with Crippen molar-refractivity contribution in [2.24, 2.45) is 0 Å². The Hall–Kier alpha value is -3.02. The Bertz CT molecular complexity index is 796. The normalized spacial score (nSPS) is 14.0. The number of hydrogen-bond donors (Lipinski definition) is 1. The summed E-state index contributed by atoms with van der Waals surface area (Å²) in [7, 11) is 1.69. The minimum atomic E-state index is -1.04. The highest BCUT2D eigenvalue weighted by atomic mass is 16.5. The monoisotopic (exact) mass is 369 g/mol. The fraction of sp³-hybridized carbons (Fsp3) is 0.333. The van der Waals surface area contributed by atoms with Gasteiger partial charge in [-0.1, -0.05) is 6.07 Å². The van der Waals surface area contributed by atoms with Gasteiger partial charge in [-0.25, -0.2) is 4.79 Å². The molecule has 27 heavy (non-hydrogen) atoms. The lowest BCUT2D eigenvalue weighted by Gasteiger charge is -2.19. The van der Waals surface area contributed by atoms with Crippen LogP contribution in [0.3, 0.4) is 0 Å². The van der Waals surface area contributed by atoms with Gasteiger partial charge in [0.2, 0.25) is 0 Å². The quantitative estimate of drug-likeness (QED) is 0.804. The molecule has 1 fully saturated rings. The third-order valence-electron chi connectivity index (χ3n) is 4.58. The Balaban J connectivity index is 1.66. The first kappa shape index (κ1) is 18.8. The number of carboxylic acids is 1. The molecule has 0 spiro atoms. The molecule has 1 N–H and O–H groups in total. The summed E-state index contributed by atoms with van der Waals surface area (Å²) in [5.74, 6) is -0.0234. The smallest absolute Gasteiger partial charge is 0.341 e. The minimum absolute atomic E-state index is 0.147. The van der Waals surface area contributed by atoms with Gasteiger partial charge in [0, 0.05) is 18.3 Å². The van der Waals surface area contributed by atoms with E-state index in [0.717, 1.165) is 18.6 Å². The molecule has 0 saturated heterocycles. The minimum Gasteiger partial charge on any atom is -0.490 e. The van der Waals surface area contributed by atoms with Gasteiger partial charge in [0.1, 0.15) is 11.5 Å². The molecule has 0 aliphatic heterocycles. The van der Waals surface area contributed by atoms with Crippen LogP contribution in [0.1, 0.15) is 36.0 Å². The molecule has 2 aromatic carbocycles. The van der Waals surface area contributed by atoms with Crippen LogP contribution in [0.2, 0.25) is 0 Å². The molecule has 6 heteroatoms. The van der Waals surface area contributed by atoms with E-state index >= 15 is 0 Å². The standard InChI is InChI=1S/C21H23NO5/c1-22(16-9-11-17(12-10-16)26-14-20(23)24)21(25)15-5-4-8-19(13-15)27-18-6-2-3-7-18/h4-5,8-13,18H,2-3,6-7,14H2,1H3,(H,23,24). The summed E-state index contributed by atoms with van der Waals surface area (Å²) in [6.45, 7) is -0.401. The zero-order valence-corrected chi connectivity index (χ0v) is 15.3. The van der Waals surface area contributed by atoms with Crippen molar-refractivity contribution >= 4 is 17.6 Å². The average Bonchev–Trinajstić information content (AvgIpc) is 3.19. The SMILES string of the molecule is CN(C(=O)c1cccc(OC2CCCC2)c1)c1ccc(OCC(=O)O)cc1. The molecule has 142 valence electrons. The van der Waals surface area contributed by atoms with E-state index in [1.165, 1.54) is 17.7 Å². The number of aliphatic carboxylic acids is 1. The van der Waals surface area contributed by atoms with Gasteiger partial charge in [0.15, 0.2) is 6.61 Å². The Morgan fingerprint density at radius 1 is 1.07 bits per heavy atom. The summed E-state index contributed by atoms with van der Waals surface area (Å²) >= 11 is 0. The van der Waals surface area contributed by atoms with Gasteiger partial charge in [0.25, 0.3) is 5.91 Å². The van der Waals surface area contributed by atoms with Crippen LogP contribution in [-0.4, -0.2) is 36.7 Å². The molecule has 0 unspecified atom stereocenters. The lowest BCUT2D eigenvalue weighted by Crippen LogP contribution is -2.26. The molecule has 0 radical (unpaired) electrons. The highest BCUT2D eigenvalue weighted by Crippen LogP contribution is 2.26. The van der Waals surface area contributed by atoms with Gasteiger partial charge in [-0.2, -0.15) is 0 Å². The van der Waals surface area contributed by atoms with Crippen LogP contribution < -0.4 is 14.4 Å². The molecule has 1 amide bonds. The Morgan fingerprint density at radius 3 is 2.44 bits per heavy atom. The lowest BCUT2D eigenvalue weighted by molar-refractivity contribution is -0.139. The highest BCUT2D eigenvalue weighted by molar-refractivity contribution is 6.05. The summed E-state index contributed by atoms with van der Waals surface area (Å²) in [6.07, 6.45) is 4.76. The third kappa shape index (κ3) is 5.00. The van der Waals surface area contributed by atoms with E-state index in [4.69, 9.17) is 14.6 Å². The van der Waals surface area contributed by atoms with Crippen molar-refractivity contribution in [1.82, 2.24) is 0 Å². The summed E-state index contributed by atoms with van der Waals surface area (Å²) in [4.78, 5) is 24.9. The number of ether oxygens (including phenoxy) is 2. The maximum atomic E-state index is 12.8. The van der Waals surface area contributed by atoms with Crippen molar-refractivity contribution in [1.29, 1.82) is 0 Å². The van der Waals surface area contributed by atoms with Crippen molar-refractivity contribution < 1.29 is 24.2 Å². The largest absolute Gasteiger partial charge is 0.490 e. The van der Waals surface area contributed by atoms with E-state index in [0.29, 0.717) is 17.0 Å². The maximum absolute atomic E-state index is 12.8. The molecule has 0 heterocycles. The average molecular weight is 369 g/mol. The second kappa shape index (κ2) is 8.58. The number of hydrogen-bond acceptors (Lipinski definition) is 4. The van der Waals surface area contributed by atoms with E-state index in [2.05, 4.69) is 0 Å². The molecule has 0 atom stereocenters. The van der Waals surface area contributed by atoms with E-state index in [1.54, 1.807) is 43.4 Å². The maximum Gasteiger partial charge on any atom is 0.341 e. The van der Waals surface area contributed by atoms with Crippen LogP contribution in [0.25, 0.3) is 0 Å². The van der Waals surface area contributed by atoms with Crippen molar-refractivity contribution in [2.45, 2.75) is 31.8 Å². The van der Waals surface area contributed by atoms with E-state index in [-0.39, 0.29) is 12.0 Å². The van der Waals surface area contributed by atoms with Gasteiger partial charge in [-0.15, -0.1) is 0 Å². The Morgan fingerprint density at radius 2 is 1.78 bits per heavy atom. The van der Waals surface area contributed by atoms with Crippen molar-refractivity contribution in [3.63, 3.8) is 0 Å². The molecule has 6 nitrogen and oxygen atoms in total. The Labute approximate surface area is 158 Å². The second-order valence-corrected chi connectivity index (χ2v) is 6.59. The van der Waals surface area contributed by atoms with E-state index < -0.39 is 12.6 Å². The van der Waals surface area contributed by atoms with Crippen LogP contribution in [-0.2, 0) is 4.79 Å². The number of rotatable bonds is 7. The summed E-state index contributed by atoms with van der Waals surface area (Å²) in [5.41, 5.74) is 1.24. The molecule has 1 saturated carbocycles. The lowest BCUT2D eigenvalue weighted by atomic mass is 10.1. The summed E-state index contributed by atoms with van der Waals surface area (Å²) < 4.78 is 11.1. The van der Waals surface area contributed by atoms with Crippen LogP contribution in [0, 0.1) is 0 Å². The molecule has 1 aliphatic carbocycles. The van der Waals surface area contributed by atoms with Gasteiger partial charge >= 0.3 is 5.97 Å². The van der Waals surface area contributed by atoms with E-state index in [9.17, 15) is 9.59 Å². The number of carbonyl (C=O) groups is 2. The van der Waals surface area contributed by atoms with Gasteiger partial charge in [-0.3, -0.25) is 4.79 Å². The van der Waals surface area contributed by atoms with Crippen LogP contribution in [0.15, 0.2) is 48.5 Å². The number of amides is 1. The molecule has 3 rings (SSSR count). The first-order valence-corrected chi connectivity index (χ1v) is 9.02. The summed E-state index contributed by atoms with van der Waals surface area (Å²) in [6, 6.07) is 14.0. The van der Waals surface area contributed by atoms with Gasteiger partial charge in [0.05, 0.1) is 6.10 Å². The van der Waals surface area contributed by atoms with Gasteiger partial charge < -0.3 is 19.5 Å². The fourth-order valence-electron chi connectivity index (χ4n) is 3.12. The molecular weight excluding hydrogens is 346 g/mol. The zero-order valence-electron chi connectivity index (χ0n) is 15.3. The van der Waals surface area contributed by atoms with Crippen molar-refractivity contribution in [3.05, 3.63) is 54.1 Å². The number of carboxylic acid groups (broad SMARTS) is 1. The predicted octanol–water partition coefficient (Wildman–Crippen LogP) is 3.75. The highest BCUT2D eigenvalue weighted by Gasteiger charge is 2.18. The van der Waals surface area contributed by atoms with Crippen LogP contribution >= 0.6 is 0 Å². The first-order chi connectivity index (χ1) is 13.0. The van der Waals surface area contributed by atoms with Gasteiger partial charge in [-0.05, 0) is 68.1 Å². The molecular formula is C21H23NO5. The van der Waals surface area contributed by atoms with Crippen molar-refractivity contribution in [2.75, 3.05) is 18.6 Å². The Kier molecular flexibility index (Phi) is 5.96. The second-order valence-electron chi connectivity index (χ2n) is 6.59. The number of nitrogens with zero attached hydrogens (tertiary/aromatic N) is 1. The first-order valence-electron chi connectivity index (χ1n) is 9.02. The number of benzene rings is 2. The molecule has 0 aromatic heterocycles. The summed E-state index contributed by atoms with van der Waals surface area (Å²) in [5, 5.41) is 8.64. The third-order valence-corrected chi connectivity index (χ3v) is 4.58. The van der Waals surface area contributed by atoms with Crippen molar-refractivity contribution in [3.8, 4) is 11.5 Å². The molecule has 2 aromatic rings. The topological polar surface area (TPSA) is 76.1 Å². The molecule has 0 bridgehead atoms. The van der Waals surface area contributed by atoms with E-state index in [1.807, 2.05) is 12.1 Å². The predicted molar refractivity (Wildman–Crippen MR) is 102 cm³/mol. The molecule has 1 aliphatic rings. The fourth-order valence-corrected chi connectivity index (χ4v) is 3.12. The number of anilines is 1. The number of carbonyl (C=O) groups excluding carboxylic acids is 1. The van der Waals surface area contributed by atoms with Crippen LogP contribution in [0.4, 0.5) is 5.69 Å². The zero-order chi connectivity index (χ0) is 19.2. The van der Waals surface area contributed by atoms with Crippen LogP contribution in [0.5, 0.6) is 11.5 Å².